The van der Waals surface area contributed by atoms with E-state index in [2.05, 4.69) is 5.32 Å². The Morgan fingerprint density at radius 1 is 1.20 bits per heavy atom. The lowest BCUT2D eigenvalue weighted by Gasteiger charge is -2.22. The third kappa shape index (κ3) is 6.03. The number of nitrogens with zero attached hydrogens (tertiary/aromatic N) is 1. The van der Waals surface area contributed by atoms with Gasteiger partial charge in [-0.1, -0.05) is 29.8 Å². The fraction of sp³-hybridized carbons (Fsp3) is 0.235. The van der Waals surface area contributed by atoms with Crippen molar-refractivity contribution in [3.8, 4) is 0 Å². The summed E-state index contributed by atoms with van der Waals surface area (Å²) in [6.07, 6.45) is 1.19. The van der Waals surface area contributed by atoms with Gasteiger partial charge in [0.25, 0.3) is 0 Å². The zero-order valence-electron chi connectivity index (χ0n) is 13.6. The Kier molecular flexibility index (Phi) is 6.39. The second kappa shape index (κ2) is 8.31. The number of sulfonamides is 1. The summed E-state index contributed by atoms with van der Waals surface area (Å²) in [5.74, 6) is -0.638. The van der Waals surface area contributed by atoms with E-state index in [1.165, 1.54) is 28.6 Å². The first-order chi connectivity index (χ1) is 11.8. The largest absolute Gasteiger partial charge is 0.354 e. The Bertz CT molecular complexity index is 841. The Hall–Kier alpha value is -2.12. The number of carbonyl (C=O) groups is 1. The molecule has 25 heavy (non-hydrogen) atoms. The first-order valence-corrected chi connectivity index (χ1v) is 9.73. The molecule has 0 radical (unpaired) electrons. The van der Waals surface area contributed by atoms with Crippen LogP contribution in [0.3, 0.4) is 0 Å². The van der Waals surface area contributed by atoms with Crippen molar-refractivity contribution in [3.63, 3.8) is 0 Å². The molecular formula is C17H18ClFN2O3S. The summed E-state index contributed by atoms with van der Waals surface area (Å²) in [4.78, 5) is 11.9. The molecule has 134 valence electrons. The van der Waals surface area contributed by atoms with Crippen molar-refractivity contribution in [3.05, 3.63) is 64.9 Å². The van der Waals surface area contributed by atoms with E-state index < -0.39 is 10.0 Å². The Labute approximate surface area is 151 Å². The molecule has 2 aromatic rings. The fourth-order valence-corrected chi connectivity index (χ4v) is 3.37. The number of rotatable bonds is 7. The van der Waals surface area contributed by atoms with E-state index in [0.717, 1.165) is 6.26 Å². The quantitative estimate of drug-likeness (QED) is 0.798. The average molecular weight is 385 g/mol. The summed E-state index contributed by atoms with van der Waals surface area (Å²) < 4.78 is 38.0. The van der Waals surface area contributed by atoms with Crippen molar-refractivity contribution in [1.82, 2.24) is 5.32 Å². The van der Waals surface area contributed by atoms with Crippen molar-refractivity contribution >= 4 is 33.2 Å². The minimum absolute atomic E-state index is 0.0777. The molecule has 0 aliphatic carbocycles. The normalized spacial score (nSPS) is 11.2. The van der Waals surface area contributed by atoms with Crippen LogP contribution in [0.5, 0.6) is 0 Å². The Morgan fingerprint density at radius 3 is 2.48 bits per heavy atom. The predicted octanol–water partition coefficient (Wildman–Crippen LogP) is 2.60. The van der Waals surface area contributed by atoms with Crippen molar-refractivity contribution in [2.24, 2.45) is 0 Å². The van der Waals surface area contributed by atoms with Gasteiger partial charge in [-0.05, 0) is 35.9 Å². The number of benzene rings is 2. The van der Waals surface area contributed by atoms with Crippen molar-refractivity contribution in [2.45, 2.75) is 6.42 Å². The second-order valence-corrected chi connectivity index (χ2v) is 7.81. The summed E-state index contributed by atoms with van der Waals surface area (Å²) in [7, 11) is -3.51. The van der Waals surface area contributed by atoms with Gasteiger partial charge in [-0.3, -0.25) is 9.10 Å². The highest BCUT2D eigenvalue weighted by Crippen LogP contribution is 2.21. The monoisotopic (exact) mass is 384 g/mol. The molecule has 0 heterocycles. The van der Waals surface area contributed by atoms with Gasteiger partial charge in [-0.15, -0.1) is 0 Å². The molecule has 2 rings (SSSR count). The Balaban J connectivity index is 1.95. The SMILES string of the molecule is CS(=O)(=O)N(CCNC(=O)Cc1ccc(F)cc1)c1cccc(Cl)c1. The molecule has 0 unspecified atom stereocenters. The van der Waals surface area contributed by atoms with Crippen LogP contribution in [0.4, 0.5) is 10.1 Å². The number of halogens is 2. The molecule has 0 aromatic heterocycles. The number of nitrogens with one attached hydrogen (secondary N) is 1. The maximum Gasteiger partial charge on any atom is 0.232 e. The standard InChI is InChI=1S/C17H18ClFN2O3S/c1-25(23,24)21(16-4-2-3-14(18)12-16)10-9-20-17(22)11-13-5-7-15(19)8-6-13/h2-8,12H,9-11H2,1H3,(H,20,22). The highest BCUT2D eigenvalue weighted by molar-refractivity contribution is 7.92. The highest BCUT2D eigenvalue weighted by Gasteiger charge is 2.17. The molecule has 8 heteroatoms. The first kappa shape index (κ1) is 19.2. The molecule has 0 saturated carbocycles. The summed E-state index contributed by atoms with van der Waals surface area (Å²) >= 11 is 5.91. The van der Waals surface area contributed by atoms with Crippen LogP contribution in [-0.2, 0) is 21.2 Å². The van der Waals surface area contributed by atoms with E-state index in [1.54, 1.807) is 24.3 Å². The topological polar surface area (TPSA) is 66.5 Å². The molecule has 0 atom stereocenters. The van der Waals surface area contributed by atoms with Crippen molar-refractivity contribution < 1.29 is 17.6 Å². The van der Waals surface area contributed by atoms with E-state index in [1.807, 2.05) is 0 Å². The van der Waals surface area contributed by atoms with E-state index in [4.69, 9.17) is 11.6 Å². The molecule has 1 amide bonds. The number of hydrogen-bond acceptors (Lipinski definition) is 3. The predicted molar refractivity (Wildman–Crippen MR) is 96.8 cm³/mol. The van der Waals surface area contributed by atoms with Gasteiger partial charge in [0, 0.05) is 11.6 Å². The smallest absolute Gasteiger partial charge is 0.232 e. The molecule has 0 fully saturated rings. The van der Waals surface area contributed by atoms with Crippen LogP contribution in [0.1, 0.15) is 5.56 Å². The maximum atomic E-state index is 12.8. The van der Waals surface area contributed by atoms with Crippen LogP contribution in [0.2, 0.25) is 5.02 Å². The summed E-state index contributed by atoms with van der Waals surface area (Å²) in [5, 5.41) is 3.08. The summed E-state index contributed by atoms with van der Waals surface area (Å²) in [5.41, 5.74) is 1.11. The lowest BCUT2D eigenvalue weighted by molar-refractivity contribution is -0.120. The van der Waals surface area contributed by atoms with E-state index in [0.29, 0.717) is 16.3 Å². The van der Waals surface area contributed by atoms with Crippen molar-refractivity contribution in [1.29, 1.82) is 0 Å². The van der Waals surface area contributed by atoms with Crippen LogP contribution in [0.25, 0.3) is 0 Å². The third-order valence-corrected chi connectivity index (χ3v) is 4.84. The maximum absolute atomic E-state index is 12.8. The summed E-state index contributed by atoms with van der Waals surface area (Å²) in [6, 6.07) is 12.1. The van der Waals surface area contributed by atoms with Gasteiger partial charge in [0.2, 0.25) is 15.9 Å². The van der Waals surface area contributed by atoms with Gasteiger partial charge in [0.05, 0.1) is 24.9 Å². The van der Waals surface area contributed by atoms with E-state index in [9.17, 15) is 17.6 Å². The van der Waals surface area contributed by atoms with Crippen molar-refractivity contribution in [2.75, 3.05) is 23.7 Å². The highest BCUT2D eigenvalue weighted by atomic mass is 35.5. The number of hydrogen-bond donors (Lipinski definition) is 1. The number of anilines is 1. The van der Waals surface area contributed by atoms with Crippen LogP contribution in [0.15, 0.2) is 48.5 Å². The molecule has 0 aliphatic rings. The molecular weight excluding hydrogens is 367 g/mol. The molecule has 2 aromatic carbocycles. The molecule has 0 aliphatic heterocycles. The van der Waals surface area contributed by atoms with E-state index >= 15 is 0 Å². The van der Waals surface area contributed by atoms with Crippen LogP contribution < -0.4 is 9.62 Å². The number of carbonyl (C=O) groups excluding carboxylic acids is 1. The molecule has 1 N–H and O–H groups in total. The van der Waals surface area contributed by atoms with Crippen LogP contribution in [-0.4, -0.2) is 33.7 Å². The zero-order valence-corrected chi connectivity index (χ0v) is 15.1. The van der Waals surface area contributed by atoms with Crippen LogP contribution >= 0.6 is 11.6 Å². The average Bonchev–Trinajstić information content (AvgIpc) is 2.52. The molecule has 5 nitrogen and oxygen atoms in total. The molecule has 0 spiro atoms. The second-order valence-electron chi connectivity index (χ2n) is 5.47. The lowest BCUT2D eigenvalue weighted by Crippen LogP contribution is -2.38. The molecule has 0 bridgehead atoms. The minimum Gasteiger partial charge on any atom is -0.354 e. The molecule has 0 saturated heterocycles. The van der Waals surface area contributed by atoms with Gasteiger partial charge in [0.1, 0.15) is 5.82 Å². The third-order valence-electron chi connectivity index (χ3n) is 3.41. The fourth-order valence-electron chi connectivity index (χ4n) is 2.26. The van der Waals surface area contributed by atoms with Gasteiger partial charge in [0.15, 0.2) is 0 Å². The minimum atomic E-state index is -3.51. The first-order valence-electron chi connectivity index (χ1n) is 7.50. The van der Waals surface area contributed by atoms with Gasteiger partial charge < -0.3 is 5.32 Å². The van der Waals surface area contributed by atoms with Gasteiger partial charge >= 0.3 is 0 Å². The summed E-state index contributed by atoms with van der Waals surface area (Å²) in [6.45, 7) is 0.216. The lowest BCUT2D eigenvalue weighted by atomic mass is 10.1. The van der Waals surface area contributed by atoms with E-state index in [-0.39, 0.29) is 31.2 Å². The zero-order chi connectivity index (χ0) is 18.4. The Morgan fingerprint density at radius 2 is 1.88 bits per heavy atom. The van der Waals surface area contributed by atoms with Gasteiger partial charge in [-0.25, -0.2) is 12.8 Å². The van der Waals surface area contributed by atoms with Crippen LogP contribution in [0, 0.1) is 5.82 Å². The number of amides is 1. The van der Waals surface area contributed by atoms with Gasteiger partial charge in [-0.2, -0.15) is 0 Å².